The normalized spacial score (nSPS) is 30.0. The minimum Gasteiger partial charge on any atom is -0.269 e. The number of rotatable bonds is 9. The molecule has 1 nitrogen and oxygen atoms in total. The van der Waals surface area contributed by atoms with Crippen LogP contribution in [0, 0.1) is 10.8 Å². The monoisotopic (exact) mass is 462 g/mol. The molecule has 1 aliphatic rings. The van der Waals surface area contributed by atoms with E-state index in [0.717, 1.165) is 0 Å². The Morgan fingerprint density at radius 1 is 0.667 bits per heavy atom. The highest BCUT2D eigenvalue weighted by molar-refractivity contribution is 5.27. The Kier molecular flexibility index (Phi) is 6.74. The lowest BCUT2D eigenvalue weighted by Crippen LogP contribution is -2.75. The van der Waals surface area contributed by atoms with Crippen molar-refractivity contribution in [2.75, 3.05) is 0 Å². The summed E-state index contributed by atoms with van der Waals surface area (Å²) in [5.41, 5.74) is -12.0. The Labute approximate surface area is 169 Å². The molecule has 0 aromatic rings. The highest BCUT2D eigenvalue weighted by atomic mass is 19.3. The van der Waals surface area contributed by atoms with Crippen LogP contribution in [0.25, 0.3) is 0 Å². The highest BCUT2D eigenvalue weighted by Gasteiger charge is 3.00. The lowest BCUT2D eigenvalue weighted by molar-refractivity contribution is -0.402. The first-order valence-corrected chi connectivity index (χ1v) is 9.67. The van der Waals surface area contributed by atoms with Crippen LogP contribution in [0.3, 0.4) is 0 Å². The van der Waals surface area contributed by atoms with E-state index in [0.29, 0.717) is 27.7 Å². The quantitative estimate of drug-likeness (QED) is 0.316. The van der Waals surface area contributed by atoms with Crippen LogP contribution in [0.4, 0.5) is 43.9 Å². The van der Waals surface area contributed by atoms with Crippen LogP contribution in [0.5, 0.6) is 0 Å². The molecule has 0 amide bonds. The van der Waals surface area contributed by atoms with Crippen molar-refractivity contribution in [2.24, 2.45) is 10.8 Å². The average molecular weight is 462 g/mol. The zero-order valence-corrected chi connectivity index (χ0v) is 17.7. The molecule has 1 saturated heterocycles. The average Bonchev–Trinajstić information content (AvgIpc) is 2.68. The molecule has 11 heteroatoms. The van der Waals surface area contributed by atoms with Gasteiger partial charge in [0.1, 0.15) is 0 Å². The van der Waals surface area contributed by atoms with Gasteiger partial charge in [0, 0.05) is 10.8 Å². The van der Waals surface area contributed by atoms with Gasteiger partial charge in [0.15, 0.2) is 0 Å². The predicted molar refractivity (Wildman–Crippen MR) is 90.5 cm³/mol. The van der Waals surface area contributed by atoms with Crippen molar-refractivity contribution >= 4 is 0 Å². The van der Waals surface area contributed by atoms with Crippen molar-refractivity contribution in [3.8, 4) is 0 Å². The lowest BCUT2D eigenvalue weighted by Gasteiger charge is -2.50. The maximum atomic E-state index is 15.6. The summed E-state index contributed by atoms with van der Waals surface area (Å²) in [5.74, 6) is -23.7. The van der Waals surface area contributed by atoms with Crippen LogP contribution in [-0.4, -0.2) is 35.4 Å². The topological polar surface area (TPSA) is 9.23 Å². The lowest BCUT2D eigenvalue weighted by atomic mass is 9.65. The van der Waals surface area contributed by atoms with Gasteiger partial charge in [0.25, 0.3) is 5.92 Å². The summed E-state index contributed by atoms with van der Waals surface area (Å²) in [4.78, 5) is 0. The highest BCUT2D eigenvalue weighted by Crippen LogP contribution is 2.73. The van der Waals surface area contributed by atoms with Crippen molar-refractivity contribution < 1.29 is 48.6 Å². The Balaban J connectivity index is 3.91. The summed E-state index contributed by atoms with van der Waals surface area (Å²) in [6, 6.07) is 0. The molecule has 0 spiro atoms. The van der Waals surface area contributed by atoms with E-state index in [2.05, 4.69) is 4.74 Å². The van der Waals surface area contributed by atoms with Crippen molar-refractivity contribution in [1.82, 2.24) is 0 Å². The minimum absolute atomic E-state index is 0.0987. The first kappa shape index (κ1) is 27.3. The second kappa shape index (κ2) is 7.40. The van der Waals surface area contributed by atoms with Gasteiger partial charge in [0.05, 0.1) is 0 Å². The first-order valence-electron chi connectivity index (χ1n) is 9.67. The summed E-state index contributed by atoms with van der Waals surface area (Å²) in [6.07, 6.45) is -7.63. The molecule has 0 N–H and O–H groups in total. The molecular weight excluding hydrogens is 434 g/mol. The maximum Gasteiger partial charge on any atom is 0.426 e. The van der Waals surface area contributed by atoms with Gasteiger partial charge in [-0.15, -0.1) is 0 Å². The second-order valence-electron chi connectivity index (χ2n) is 9.22. The van der Waals surface area contributed by atoms with E-state index in [1.165, 1.54) is 13.8 Å². The molecule has 0 radical (unpaired) electrons. The third-order valence-electron chi connectivity index (χ3n) is 6.08. The number of hydrogen-bond acceptors (Lipinski definition) is 1. The number of hydrogen-bond donors (Lipinski definition) is 0. The van der Waals surface area contributed by atoms with Gasteiger partial charge >= 0.3 is 29.5 Å². The van der Waals surface area contributed by atoms with E-state index in [4.69, 9.17) is 0 Å². The first-order chi connectivity index (χ1) is 13.1. The summed E-state index contributed by atoms with van der Waals surface area (Å²) < 4.78 is 151. The molecule has 1 fully saturated rings. The number of ether oxygens (including phenoxy) is 1. The molecule has 180 valence electrons. The Hall–Kier alpha value is -0.740. The van der Waals surface area contributed by atoms with Gasteiger partial charge in [-0.3, -0.25) is 4.74 Å². The smallest absolute Gasteiger partial charge is 0.269 e. The number of alkyl halides is 10. The molecule has 0 saturated carbocycles. The van der Waals surface area contributed by atoms with Crippen LogP contribution >= 0.6 is 0 Å². The van der Waals surface area contributed by atoms with E-state index in [1.807, 2.05) is 0 Å². The largest absolute Gasteiger partial charge is 0.426 e. The van der Waals surface area contributed by atoms with Crippen LogP contribution in [0.1, 0.15) is 73.6 Å². The number of unbranched alkanes of at least 4 members (excludes halogenated alkanes) is 1. The molecule has 0 bridgehead atoms. The molecule has 0 aliphatic carbocycles. The molecule has 2 unspecified atom stereocenters. The minimum atomic E-state index is -6.59. The summed E-state index contributed by atoms with van der Waals surface area (Å²) in [6.45, 7) is 5.07. The maximum absolute atomic E-state index is 15.6. The molecule has 30 heavy (non-hydrogen) atoms. The van der Waals surface area contributed by atoms with E-state index < -0.39 is 59.1 Å². The molecule has 1 heterocycles. The summed E-state index contributed by atoms with van der Waals surface area (Å²) in [7, 11) is 0. The molecule has 1 rings (SSSR count). The summed E-state index contributed by atoms with van der Waals surface area (Å²) >= 11 is 0. The molecule has 0 aromatic carbocycles. The van der Waals surface area contributed by atoms with Gasteiger partial charge in [0.2, 0.25) is 0 Å². The third kappa shape index (κ3) is 3.15. The Bertz CT molecular complexity index is 631. The molecule has 1 aliphatic heterocycles. The van der Waals surface area contributed by atoms with Crippen molar-refractivity contribution in [3.63, 3.8) is 0 Å². The van der Waals surface area contributed by atoms with Gasteiger partial charge < -0.3 is 0 Å². The zero-order chi connectivity index (χ0) is 24.2. The fourth-order valence-corrected chi connectivity index (χ4v) is 3.85. The van der Waals surface area contributed by atoms with E-state index in [9.17, 15) is 17.6 Å². The van der Waals surface area contributed by atoms with Crippen LogP contribution < -0.4 is 0 Å². The van der Waals surface area contributed by atoms with E-state index in [1.54, 1.807) is 0 Å². The van der Waals surface area contributed by atoms with E-state index in [-0.39, 0.29) is 19.3 Å². The van der Waals surface area contributed by atoms with Gasteiger partial charge in [-0.05, 0) is 12.8 Å². The molecular formula is C19H28F10O. The SMILES string of the molecule is CCCCC(C)(C)C(F)(F)C1(F)C(F)(F)C(F)(F)OC1(F)C(F)(F)C(C)(C)CCC. The summed E-state index contributed by atoms with van der Waals surface area (Å²) in [5, 5.41) is 0. The van der Waals surface area contributed by atoms with Crippen molar-refractivity contribution in [3.05, 3.63) is 0 Å². The Morgan fingerprint density at radius 2 is 1.10 bits per heavy atom. The van der Waals surface area contributed by atoms with Crippen LogP contribution in [-0.2, 0) is 4.74 Å². The van der Waals surface area contributed by atoms with Crippen molar-refractivity contribution in [1.29, 1.82) is 0 Å². The Morgan fingerprint density at radius 3 is 1.50 bits per heavy atom. The van der Waals surface area contributed by atoms with Crippen molar-refractivity contribution in [2.45, 2.75) is 109 Å². The second-order valence-corrected chi connectivity index (χ2v) is 9.22. The standard InChI is InChI=1S/C19H28F10O/c1-7-9-11-13(5,6)15(21,22)14(20)17(25,26)19(28,29)30-18(14,27)16(23,24)12(3,4)10-8-2/h7-11H2,1-6H3. The van der Waals surface area contributed by atoms with Gasteiger partial charge in [-0.1, -0.05) is 60.8 Å². The van der Waals surface area contributed by atoms with Crippen LogP contribution in [0.2, 0.25) is 0 Å². The fraction of sp³-hybridized carbons (Fsp3) is 1.00. The zero-order valence-electron chi connectivity index (χ0n) is 17.7. The van der Waals surface area contributed by atoms with E-state index >= 15 is 26.3 Å². The van der Waals surface area contributed by atoms with Gasteiger partial charge in [-0.2, -0.15) is 26.3 Å². The van der Waals surface area contributed by atoms with Crippen LogP contribution in [0.15, 0.2) is 0 Å². The predicted octanol–water partition coefficient (Wildman–Crippen LogP) is 7.93. The van der Waals surface area contributed by atoms with Gasteiger partial charge in [-0.25, -0.2) is 17.6 Å². The number of halogens is 10. The third-order valence-corrected chi connectivity index (χ3v) is 6.08. The molecule has 2 atom stereocenters. The molecule has 0 aromatic heterocycles. The fourth-order valence-electron chi connectivity index (χ4n) is 3.85.